The molecule has 0 unspecified atom stereocenters. The summed E-state index contributed by atoms with van der Waals surface area (Å²) < 4.78 is 0. The van der Waals surface area contributed by atoms with Crippen LogP contribution in [0.15, 0.2) is 36.3 Å². The third-order valence-corrected chi connectivity index (χ3v) is 2.02. The molecule has 4 nitrogen and oxygen atoms in total. The molecule has 1 aromatic rings. The maximum absolute atomic E-state index is 5.74. The van der Waals surface area contributed by atoms with Crippen LogP contribution in [0.2, 0.25) is 5.02 Å². The van der Waals surface area contributed by atoms with E-state index >= 15 is 0 Å². The van der Waals surface area contributed by atoms with Crippen LogP contribution in [0.25, 0.3) is 0 Å². The fourth-order valence-corrected chi connectivity index (χ4v) is 1.10. The molecule has 1 aromatic carbocycles. The van der Waals surface area contributed by atoms with Crippen LogP contribution in [0.3, 0.4) is 0 Å². The summed E-state index contributed by atoms with van der Waals surface area (Å²) in [4.78, 5) is 0. The maximum Gasteiger partial charge on any atom is 0.129 e. The molecule has 0 aliphatic heterocycles. The first-order chi connectivity index (χ1) is 6.63. The molecule has 1 rings (SSSR count). The normalized spacial score (nSPS) is 11.4. The van der Waals surface area contributed by atoms with Gasteiger partial charge in [-0.05, 0) is 17.7 Å². The zero-order chi connectivity index (χ0) is 10.6. The standard InChI is InChI=1S/C9H13ClN4/c10-8-3-1-7(2-4-8)6-14(13)9(12)5-11/h1-5H,6,11-13H2/b9-5-. The van der Waals surface area contributed by atoms with Crippen molar-refractivity contribution >= 4 is 11.6 Å². The van der Waals surface area contributed by atoms with Gasteiger partial charge < -0.3 is 11.5 Å². The van der Waals surface area contributed by atoms with E-state index < -0.39 is 0 Å². The predicted molar refractivity (Wildman–Crippen MR) is 57.6 cm³/mol. The van der Waals surface area contributed by atoms with Crippen LogP contribution in [-0.2, 0) is 6.54 Å². The maximum atomic E-state index is 5.74. The van der Waals surface area contributed by atoms with Crippen LogP contribution in [0, 0.1) is 0 Å². The monoisotopic (exact) mass is 212 g/mol. The van der Waals surface area contributed by atoms with Gasteiger partial charge in [-0.2, -0.15) is 0 Å². The Labute approximate surface area is 87.9 Å². The Kier molecular flexibility index (Phi) is 3.62. The van der Waals surface area contributed by atoms with Gasteiger partial charge in [0.15, 0.2) is 0 Å². The van der Waals surface area contributed by atoms with E-state index in [4.69, 9.17) is 28.9 Å². The zero-order valence-electron chi connectivity index (χ0n) is 7.65. The Morgan fingerprint density at radius 1 is 1.36 bits per heavy atom. The van der Waals surface area contributed by atoms with E-state index in [1.54, 1.807) is 12.1 Å². The SMILES string of the molecule is N/C=C(/N)N(N)Cc1ccc(Cl)cc1. The van der Waals surface area contributed by atoms with Gasteiger partial charge >= 0.3 is 0 Å². The molecule has 0 saturated carbocycles. The summed E-state index contributed by atoms with van der Waals surface area (Å²) in [5, 5.41) is 2.06. The molecule has 0 aliphatic carbocycles. The van der Waals surface area contributed by atoms with Crippen molar-refractivity contribution in [2.45, 2.75) is 6.54 Å². The molecule has 0 fully saturated rings. The van der Waals surface area contributed by atoms with E-state index in [9.17, 15) is 0 Å². The van der Waals surface area contributed by atoms with Crippen LogP contribution >= 0.6 is 11.6 Å². The third kappa shape index (κ3) is 2.83. The molecule has 6 N–H and O–H groups in total. The van der Waals surface area contributed by atoms with E-state index in [0.717, 1.165) is 5.56 Å². The predicted octanol–water partition coefficient (Wildman–Crippen LogP) is 0.732. The molecule has 76 valence electrons. The molecule has 5 heteroatoms. The molecular weight excluding hydrogens is 200 g/mol. The highest BCUT2D eigenvalue weighted by Gasteiger charge is 2.01. The second-order valence-corrected chi connectivity index (χ2v) is 3.28. The number of benzene rings is 1. The molecule has 0 heterocycles. The first-order valence-electron chi connectivity index (χ1n) is 4.07. The van der Waals surface area contributed by atoms with Gasteiger partial charge in [0.05, 0.1) is 6.54 Å². The molecule has 0 bridgehead atoms. The molecule has 0 amide bonds. The zero-order valence-corrected chi connectivity index (χ0v) is 8.41. The van der Waals surface area contributed by atoms with Crippen molar-refractivity contribution in [3.63, 3.8) is 0 Å². The van der Waals surface area contributed by atoms with Crippen LogP contribution in [-0.4, -0.2) is 5.01 Å². The van der Waals surface area contributed by atoms with E-state index in [1.165, 1.54) is 11.2 Å². The summed E-state index contributed by atoms with van der Waals surface area (Å²) in [5.74, 6) is 5.96. The fourth-order valence-electron chi connectivity index (χ4n) is 0.974. The second kappa shape index (κ2) is 4.74. The van der Waals surface area contributed by atoms with E-state index in [2.05, 4.69) is 0 Å². The summed E-state index contributed by atoms with van der Waals surface area (Å²) in [6.07, 6.45) is 1.26. The van der Waals surface area contributed by atoms with Gasteiger partial charge in [0.1, 0.15) is 5.82 Å². The number of hydrazine groups is 1. The average molecular weight is 213 g/mol. The number of hydrogen-bond donors (Lipinski definition) is 3. The lowest BCUT2D eigenvalue weighted by molar-refractivity contribution is 0.346. The summed E-state index contributed by atoms with van der Waals surface area (Å²) in [6.45, 7) is 0.497. The number of nitrogens with two attached hydrogens (primary N) is 3. The summed E-state index contributed by atoms with van der Waals surface area (Å²) in [7, 11) is 0. The molecule has 0 aliphatic rings. The van der Waals surface area contributed by atoms with Crippen LogP contribution in [0.5, 0.6) is 0 Å². The third-order valence-electron chi connectivity index (χ3n) is 1.77. The van der Waals surface area contributed by atoms with Crippen LogP contribution in [0.1, 0.15) is 5.56 Å². The summed E-state index contributed by atoms with van der Waals surface area (Å²) >= 11 is 5.74. The average Bonchev–Trinajstić information content (AvgIpc) is 2.20. The Bertz CT molecular complexity index is 320. The van der Waals surface area contributed by atoms with Crippen molar-refractivity contribution < 1.29 is 0 Å². The van der Waals surface area contributed by atoms with Gasteiger partial charge in [-0.25, -0.2) is 5.84 Å². The minimum absolute atomic E-state index is 0.333. The molecular formula is C9H13ClN4. The van der Waals surface area contributed by atoms with Gasteiger partial charge in [0, 0.05) is 11.2 Å². The molecule has 14 heavy (non-hydrogen) atoms. The van der Waals surface area contributed by atoms with E-state index in [-0.39, 0.29) is 0 Å². The highest BCUT2D eigenvalue weighted by atomic mass is 35.5. The minimum atomic E-state index is 0.333. The molecule has 0 aromatic heterocycles. The van der Waals surface area contributed by atoms with Crippen molar-refractivity contribution in [3.05, 3.63) is 46.9 Å². The van der Waals surface area contributed by atoms with E-state index in [0.29, 0.717) is 17.4 Å². The lowest BCUT2D eigenvalue weighted by atomic mass is 10.2. The van der Waals surface area contributed by atoms with Gasteiger partial charge in [-0.1, -0.05) is 23.7 Å². The highest BCUT2D eigenvalue weighted by molar-refractivity contribution is 6.30. The Balaban J connectivity index is 2.65. The molecule has 0 radical (unpaired) electrons. The molecule has 0 spiro atoms. The largest absolute Gasteiger partial charge is 0.402 e. The minimum Gasteiger partial charge on any atom is -0.402 e. The second-order valence-electron chi connectivity index (χ2n) is 2.85. The van der Waals surface area contributed by atoms with Gasteiger partial charge in [-0.3, -0.25) is 5.01 Å². The topological polar surface area (TPSA) is 81.3 Å². The number of nitrogens with zero attached hydrogens (tertiary/aromatic N) is 1. The Morgan fingerprint density at radius 3 is 2.43 bits per heavy atom. The quantitative estimate of drug-likeness (QED) is 0.510. The Morgan fingerprint density at radius 2 is 1.93 bits per heavy atom. The van der Waals surface area contributed by atoms with Crippen LogP contribution in [0.4, 0.5) is 0 Å². The number of rotatable bonds is 3. The Hall–Kier alpha value is -1.39. The van der Waals surface area contributed by atoms with Gasteiger partial charge in [-0.15, -0.1) is 0 Å². The van der Waals surface area contributed by atoms with Crippen molar-refractivity contribution in [3.8, 4) is 0 Å². The smallest absolute Gasteiger partial charge is 0.129 e. The van der Waals surface area contributed by atoms with Crippen molar-refractivity contribution in [1.29, 1.82) is 0 Å². The first kappa shape index (κ1) is 10.7. The fraction of sp³-hybridized carbons (Fsp3) is 0.111. The number of hydrogen-bond acceptors (Lipinski definition) is 4. The van der Waals surface area contributed by atoms with Crippen molar-refractivity contribution in [1.82, 2.24) is 5.01 Å². The summed E-state index contributed by atoms with van der Waals surface area (Å²) in [5.41, 5.74) is 11.7. The molecule has 0 saturated heterocycles. The lowest BCUT2D eigenvalue weighted by Crippen LogP contribution is -2.34. The highest BCUT2D eigenvalue weighted by Crippen LogP contribution is 2.10. The van der Waals surface area contributed by atoms with Crippen molar-refractivity contribution in [2.24, 2.45) is 17.3 Å². The number of halogens is 1. The van der Waals surface area contributed by atoms with Gasteiger partial charge in [0.2, 0.25) is 0 Å². The first-order valence-corrected chi connectivity index (χ1v) is 4.45. The lowest BCUT2D eigenvalue weighted by Gasteiger charge is -2.17. The summed E-state index contributed by atoms with van der Waals surface area (Å²) in [6, 6.07) is 7.36. The van der Waals surface area contributed by atoms with E-state index in [1.807, 2.05) is 12.1 Å². The van der Waals surface area contributed by atoms with Gasteiger partial charge in [0.25, 0.3) is 0 Å². The van der Waals surface area contributed by atoms with Crippen LogP contribution < -0.4 is 17.3 Å². The van der Waals surface area contributed by atoms with Crippen molar-refractivity contribution in [2.75, 3.05) is 0 Å². The molecule has 0 atom stereocenters.